The van der Waals surface area contributed by atoms with Crippen molar-refractivity contribution >= 4 is 58.1 Å². The van der Waals surface area contributed by atoms with E-state index in [-0.39, 0.29) is 29.1 Å². The average molecular weight is 568 g/mol. The number of nitrogens with zero attached hydrogens (tertiary/aromatic N) is 3. The zero-order valence-electron chi connectivity index (χ0n) is 20.8. The number of aryl methyl sites for hydroxylation is 1. The zero-order valence-corrected chi connectivity index (χ0v) is 23.2. The Hall–Kier alpha value is -2.88. The molecule has 0 saturated carbocycles. The summed E-state index contributed by atoms with van der Waals surface area (Å²) in [7, 11) is 0. The summed E-state index contributed by atoms with van der Waals surface area (Å²) >= 11 is 8.47. The number of thioether (sulfide) groups is 1. The summed E-state index contributed by atoms with van der Waals surface area (Å²) in [5, 5.41) is 0.462. The Kier molecular flexibility index (Phi) is 6.70. The second kappa shape index (κ2) is 10.0. The van der Waals surface area contributed by atoms with E-state index in [2.05, 4.69) is 0 Å². The van der Waals surface area contributed by atoms with E-state index in [1.54, 1.807) is 24.3 Å². The Bertz CT molecular complexity index is 1480. The lowest BCUT2D eigenvalue weighted by molar-refractivity contribution is -0.133. The number of aromatic nitrogens is 1. The third-order valence-corrected chi connectivity index (χ3v) is 10.4. The van der Waals surface area contributed by atoms with Gasteiger partial charge in [0.1, 0.15) is 11.8 Å². The molecule has 3 aromatic rings. The highest BCUT2D eigenvalue weighted by molar-refractivity contribution is 8.00. The van der Waals surface area contributed by atoms with Crippen molar-refractivity contribution in [2.75, 3.05) is 18.0 Å². The van der Waals surface area contributed by atoms with E-state index in [1.807, 2.05) is 36.1 Å². The van der Waals surface area contributed by atoms with Crippen molar-refractivity contribution in [1.29, 1.82) is 0 Å². The molecule has 3 aliphatic rings. The Labute approximate surface area is 233 Å². The van der Waals surface area contributed by atoms with Crippen LogP contribution in [0.4, 0.5) is 5.69 Å². The maximum atomic E-state index is 13.9. The van der Waals surface area contributed by atoms with Gasteiger partial charge in [-0.15, -0.1) is 0 Å². The number of carbonyl (C=O) groups is 3. The minimum atomic E-state index is -0.706. The van der Waals surface area contributed by atoms with Gasteiger partial charge in [-0.2, -0.15) is 0 Å². The molecule has 196 valence electrons. The standard InChI is InChI=1S/C28H26ClN3O4S2/c1-16-5-11-19(12-6-16)32-25(34)22-21(17-7-9-18(29)10-8-17)24-27(37-23(22)26(32)35)31(28(36)38-24)15-20(33)30-13-3-2-4-14-30/h5-12,21-23H,2-4,13-15H2,1H3/t21-,22+,23-/m0/s1. The lowest BCUT2D eigenvalue weighted by Gasteiger charge is -2.31. The predicted octanol–water partition coefficient (Wildman–Crippen LogP) is 4.68. The van der Waals surface area contributed by atoms with Gasteiger partial charge in [-0.05, 0) is 56.0 Å². The number of thiazole rings is 1. The van der Waals surface area contributed by atoms with Crippen LogP contribution in [0.3, 0.4) is 0 Å². The molecule has 0 N–H and O–H groups in total. The molecule has 2 aromatic carbocycles. The molecule has 0 spiro atoms. The average Bonchev–Trinajstić information content (AvgIpc) is 3.36. The van der Waals surface area contributed by atoms with Gasteiger partial charge in [0.05, 0.1) is 16.6 Å². The third-order valence-electron chi connectivity index (χ3n) is 7.57. The summed E-state index contributed by atoms with van der Waals surface area (Å²) in [5.41, 5.74) is 2.38. The van der Waals surface area contributed by atoms with E-state index in [0.717, 1.165) is 46.6 Å². The summed E-state index contributed by atoms with van der Waals surface area (Å²) in [5.74, 6) is -1.84. The minimum absolute atomic E-state index is 0.0633. The maximum absolute atomic E-state index is 13.9. The summed E-state index contributed by atoms with van der Waals surface area (Å²) < 4.78 is 1.51. The van der Waals surface area contributed by atoms with Crippen LogP contribution in [0.1, 0.15) is 41.2 Å². The number of carbonyl (C=O) groups excluding carboxylic acids is 3. The molecule has 2 fully saturated rings. The topological polar surface area (TPSA) is 79.7 Å². The molecule has 10 heteroatoms. The van der Waals surface area contributed by atoms with Crippen molar-refractivity contribution in [2.45, 2.75) is 48.9 Å². The second-order valence-electron chi connectivity index (χ2n) is 10.0. The number of fused-ring (bicyclic) bond motifs is 2. The predicted molar refractivity (Wildman–Crippen MR) is 149 cm³/mol. The third kappa shape index (κ3) is 4.30. The van der Waals surface area contributed by atoms with Crippen LogP contribution in [0.25, 0.3) is 0 Å². The molecule has 3 atom stereocenters. The molecule has 7 nitrogen and oxygen atoms in total. The van der Waals surface area contributed by atoms with E-state index in [9.17, 15) is 19.2 Å². The van der Waals surface area contributed by atoms with E-state index in [4.69, 9.17) is 11.6 Å². The van der Waals surface area contributed by atoms with Crippen molar-refractivity contribution in [1.82, 2.24) is 9.47 Å². The van der Waals surface area contributed by atoms with Crippen molar-refractivity contribution in [3.63, 3.8) is 0 Å². The molecule has 38 heavy (non-hydrogen) atoms. The Morgan fingerprint density at radius 1 is 0.947 bits per heavy atom. The number of hydrogen-bond acceptors (Lipinski definition) is 6. The molecule has 6 rings (SSSR count). The molecule has 0 aliphatic carbocycles. The zero-order chi connectivity index (χ0) is 26.6. The molecule has 3 amide bonds. The van der Waals surface area contributed by atoms with Crippen LogP contribution >= 0.6 is 34.7 Å². The van der Waals surface area contributed by atoms with Gasteiger partial charge in [0.25, 0.3) is 0 Å². The van der Waals surface area contributed by atoms with Crippen LogP contribution in [-0.4, -0.2) is 45.5 Å². The first-order valence-electron chi connectivity index (χ1n) is 12.7. The lowest BCUT2D eigenvalue weighted by Crippen LogP contribution is -2.39. The number of benzene rings is 2. The molecular formula is C28H26ClN3O4S2. The summed E-state index contributed by atoms with van der Waals surface area (Å²) in [6, 6.07) is 14.5. The fraction of sp³-hybridized carbons (Fsp3) is 0.357. The number of likely N-dealkylation sites (tertiary alicyclic amines) is 1. The highest BCUT2D eigenvalue weighted by atomic mass is 35.5. The number of piperidine rings is 1. The van der Waals surface area contributed by atoms with E-state index < -0.39 is 17.1 Å². The SMILES string of the molecule is Cc1ccc(N2C(=O)[C@@H]3[C@H](c4ccc(Cl)cc4)c4sc(=O)n(CC(=O)N5CCCCC5)c4S[C@@H]3C2=O)cc1. The first-order valence-corrected chi connectivity index (χ1v) is 14.8. The molecule has 0 unspecified atom stereocenters. The van der Waals surface area contributed by atoms with Crippen LogP contribution in [0, 0.1) is 12.8 Å². The maximum Gasteiger partial charge on any atom is 0.308 e. The molecule has 3 aliphatic heterocycles. The molecule has 2 saturated heterocycles. The Morgan fingerprint density at radius 2 is 1.63 bits per heavy atom. The van der Waals surface area contributed by atoms with E-state index in [1.165, 1.54) is 21.2 Å². The summed E-state index contributed by atoms with van der Waals surface area (Å²) in [6.07, 6.45) is 3.03. The number of amides is 3. The monoisotopic (exact) mass is 567 g/mol. The van der Waals surface area contributed by atoms with Crippen LogP contribution in [-0.2, 0) is 20.9 Å². The molecule has 4 heterocycles. The fourth-order valence-electron chi connectivity index (χ4n) is 5.61. The van der Waals surface area contributed by atoms with Crippen LogP contribution in [0.5, 0.6) is 0 Å². The van der Waals surface area contributed by atoms with Gasteiger partial charge in [0, 0.05) is 28.9 Å². The van der Waals surface area contributed by atoms with Crippen molar-refractivity contribution in [2.24, 2.45) is 5.92 Å². The number of hydrogen-bond donors (Lipinski definition) is 0. The van der Waals surface area contributed by atoms with Crippen LogP contribution in [0.2, 0.25) is 5.02 Å². The molecule has 0 bridgehead atoms. The molecule has 1 aromatic heterocycles. The molecular weight excluding hydrogens is 542 g/mol. The smallest absolute Gasteiger partial charge is 0.308 e. The summed E-state index contributed by atoms with van der Waals surface area (Å²) in [4.78, 5) is 57.6. The Morgan fingerprint density at radius 3 is 2.32 bits per heavy atom. The first-order chi connectivity index (χ1) is 18.3. The largest absolute Gasteiger partial charge is 0.341 e. The quantitative estimate of drug-likeness (QED) is 0.428. The number of rotatable bonds is 4. The van der Waals surface area contributed by atoms with Gasteiger partial charge in [-0.25, -0.2) is 4.90 Å². The van der Waals surface area contributed by atoms with Crippen LogP contribution in [0.15, 0.2) is 58.4 Å². The molecule has 0 radical (unpaired) electrons. The summed E-state index contributed by atoms with van der Waals surface area (Å²) in [6.45, 7) is 3.28. The van der Waals surface area contributed by atoms with Crippen molar-refractivity contribution < 1.29 is 14.4 Å². The van der Waals surface area contributed by atoms with Gasteiger partial charge in [-0.3, -0.25) is 23.7 Å². The van der Waals surface area contributed by atoms with Crippen molar-refractivity contribution in [3.05, 3.63) is 79.2 Å². The fourth-order valence-corrected chi connectivity index (χ4v) is 8.51. The van der Waals surface area contributed by atoms with Gasteiger partial charge in [0.15, 0.2) is 0 Å². The Balaban J connectivity index is 1.43. The first kappa shape index (κ1) is 25.4. The van der Waals surface area contributed by atoms with Gasteiger partial charge < -0.3 is 4.90 Å². The second-order valence-corrected chi connectivity index (χ2v) is 12.6. The van der Waals surface area contributed by atoms with Gasteiger partial charge in [-0.1, -0.05) is 64.5 Å². The lowest BCUT2D eigenvalue weighted by atomic mass is 9.83. The number of imide groups is 1. The highest BCUT2D eigenvalue weighted by Gasteiger charge is 2.56. The minimum Gasteiger partial charge on any atom is -0.341 e. The highest BCUT2D eigenvalue weighted by Crippen LogP contribution is 2.54. The van der Waals surface area contributed by atoms with Crippen LogP contribution < -0.4 is 9.77 Å². The normalized spacial score (nSPS) is 22.9. The van der Waals surface area contributed by atoms with Crippen molar-refractivity contribution in [3.8, 4) is 0 Å². The van der Waals surface area contributed by atoms with E-state index >= 15 is 0 Å². The van der Waals surface area contributed by atoms with E-state index in [0.29, 0.717) is 28.8 Å². The number of halogens is 1. The van der Waals surface area contributed by atoms with Gasteiger partial charge in [0.2, 0.25) is 17.7 Å². The van der Waals surface area contributed by atoms with Gasteiger partial charge >= 0.3 is 4.87 Å². The number of anilines is 1.